The summed E-state index contributed by atoms with van der Waals surface area (Å²) in [6.45, 7) is 1.58. The van der Waals surface area contributed by atoms with E-state index < -0.39 is 18.0 Å². The Bertz CT molecular complexity index is 997. The lowest BCUT2D eigenvalue weighted by Crippen LogP contribution is -2.29. The van der Waals surface area contributed by atoms with E-state index in [1.807, 2.05) is 48.5 Å². The number of fused-ring (bicyclic) bond motifs is 2. The Morgan fingerprint density at radius 1 is 0.893 bits per heavy atom. The number of Topliss-reactive ketones (excluding diaryl/α,β-unsaturated/α-hetero) is 1. The maximum Gasteiger partial charge on any atom is 0.318 e. The zero-order valence-corrected chi connectivity index (χ0v) is 15.8. The van der Waals surface area contributed by atoms with Gasteiger partial charge in [-0.15, -0.1) is 0 Å². The lowest BCUT2D eigenvalue weighted by atomic mass is 9.88. The molecule has 0 spiro atoms. The van der Waals surface area contributed by atoms with Crippen LogP contribution in [0.4, 0.5) is 0 Å². The van der Waals surface area contributed by atoms with Gasteiger partial charge in [0.1, 0.15) is 17.4 Å². The van der Waals surface area contributed by atoms with Gasteiger partial charge in [-0.1, -0.05) is 48.0 Å². The molecule has 0 fully saturated rings. The molecule has 0 aromatic heterocycles. The predicted molar refractivity (Wildman–Crippen MR) is 106 cm³/mol. The average Bonchev–Trinajstić information content (AvgIpc) is 2.71. The molecular weight excluding hydrogens is 376 g/mol. The Morgan fingerprint density at radius 2 is 1.43 bits per heavy atom. The first kappa shape index (κ1) is 18.3. The largest absolute Gasteiger partial charge is 0.457 e. The van der Waals surface area contributed by atoms with Gasteiger partial charge in [-0.05, 0) is 43.3 Å². The lowest BCUT2D eigenvalue weighted by molar-refractivity contribution is -0.147. The fourth-order valence-corrected chi connectivity index (χ4v) is 3.43. The predicted octanol–water partition coefficient (Wildman–Crippen LogP) is 5.39. The van der Waals surface area contributed by atoms with E-state index in [1.165, 1.54) is 0 Å². The number of ether oxygens (including phenoxy) is 2. The third-order valence-corrected chi connectivity index (χ3v) is 4.96. The van der Waals surface area contributed by atoms with Gasteiger partial charge < -0.3 is 9.47 Å². The molecule has 1 atom stereocenters. The van der Waals surface area contributed by atoms with Gasteiger partial charge in [-0.3, -0.25) is 9.59 Å². The summed E-state index contributed by atoms with van der Waals surface area (Å²) in [5, 5.41) is 0.539. The summed E-state index contributed by atoms with van der Waals surface area (Å²) in [5.74, 6) is -0.196. The molecule has 0 aliphatic carbocycles. The molecule has 4 nitrogen and oxygen atoms in total. The molecule has 0 unspecified atom stereocenters. The first-order chi connectivity index (χ1) is 13.5. The van der Waals surface area contributed by atoms with E-state index in [0.717, 1.165) is 11.1 Å². The number of rotatable bonds is 4. The molecule has 4 rings (SSSR count). The van der Waals surface area contributed by atoms with E-state index in [2.05, 4.69) is 0 Å². The van der Waals surface area contributed by atoms with Crippen LogP contribution < -0.4 is 4.74 Å². The van der Waals surface area contributed by atoms with E-state index >= 15 is 0 Å². The second kappa shape index (κ2) is 7.49. The van der Waals surface area contributed by atoms with Crippen molar-refractivity contribution in [3.63, 3.8) is 0 Å². The molecule has 1 aliphatic rings. The van der Waals surface area contributed by atoms with Crippen molar-refractivity contribution in [2.24, 2.45) is 0 Å². The second-order valence-electron chi connectivity index (χ2n) is 6.56. The van der Waals surface area contributed by atoms with Crippen LogP contribution in [0.25, 0.3) is 0 Å². The second-order valence-corrected chi connectivity index (χ2v) is 7.00. The number of hydrogen-bond acceptors (Lipinski definition) is 4. The van der Waals surface area contributed by atoms with Crippen molar-refractivity contribution in [3.05, 3.63) is 94.5 Å². The van der Waals surface area contributed by atoms with Gasteiger partial charge in [0.15, 0.2) is 6.10 Å². The van der Waals surface area contributed by atoms with Crippen LogP contribution in [0.5, 0.6) is 11.5 Å². The quantitative estimate of drug-likeness (QED) is 0.441. The standard InChI is InChI=1S/C23H17ClO4/c1-14(22(25)15-10-12-16(24)13-11-15)27-23(26)21-17-6-2-4-8-19(17)28-20-9-5-3-7-18(20)21/h2-14,21H,1H3/t14-/m1/s1. The van der Waals surface area contributed by atoms with Crippen LogP contribution in [0.3, 0.4) is 0 Å². The molecule has 0 N–H and O–H groups in total. The first-order valence-electron chi connectivity index (χ1n) is 8.90. The van der Waals surface area contributed by atoms with Crippen molar-refractivity contribution in [2.45, 2.75) is 18.9 Å². The SMILES string of the molecule is C[C@@H](OC(=O)C1c2ccccc2Oc2ccccc21)C(=O)c1ccc(Cl)cc1. The zero-order valence-electron chi connectivity index (χ0n) is 15.1. The Balaban J connectivity index is 1.61. The van der Waals surface area contributed by atoms with Crippen LogP contribution in [0.2, 0.25) is 5.02 Å². The summed E-state index contributed by atoms with van der Waals surface area (Å²) in [6.07, 6.45) is -0.921. The Labute approximate surface area is 167 Å². The normalized spacial score (nSPS) is 13.6. The van der Waals surface area contributed by atoms with Crippen molar-refractivity contribution in [2.75, 3.05) is 0 Å². The maximum atomic E-state index is 13.1. The Hall–Kier alpha value is -3.11. The molecule has 3 aromatic carbocycles. The molecular formula is C23H17ClO4. The highest BCUT2D eigenvalue weighted by Crippen LogP contribution is 2.44. The Kier molecular flexibility index (Phi) is 4.88. The van der Waals surface area contributed by atoms with Gasteiger partial charge >= 0.3 is 5.97 Å². The topological polar surface area (TPSA) is 52.6 Å². The van der Waals surface area contributed by atoms with Crippen LogP contribution in [0, 0.1) is 0 Å². The third-order valence-electron chi connectivity index (χ3n) is 4.71. The zero-order chi connectivity index (χ0) is 19.7. The minimum atomic E-state index is -0.921. The van der Waals surface area contributed by atoms with Crippen molar-refractivity contribution in [1.82, 2.24) is 0 Å². The van der Waals surface area contributed by atoms with Crippen molar-refractivity contribution in [1.29, 1.82) is 0 Å². The minimum Gasteiger partial charge on any atom is -0.457 e. The molecule has 5 heteroatoms. The van der Waals surface area contributed by atoms with E-state index in [4.69, 9.17) is 21.1 Å². The fraction of sp³-hybridized carbons (Fsp3) is 0.130. The van der Waals surface area contributed by atoms with E-state index in [0.29, 0.717) is 22.1 Å². The highest BCUT2D eigenvalue weighted by atomic mass is 35.5. The molecule has 0 bridgehead atoms. The summed E-state index contributed by atoms with van der Waals surface area (Å²) in [4.78, 5) is 25.7. The van der Waals surface area contributed by atoms with Gasteiger partial charge in [0.05, 0.1) is 0 Å². The van der Waals surface area contributed by atoms with Gasteiger partial charge in [0.2, 0.25) is 5.78 Å². The van der Waals surface area contributed by atoms with Gasteiger partial charge in [-0.25, -0.2) is 0 Å². The number of esters is 1. The molecule has 28 heavy (non-hydrogen) atoms. The van der Waals surface area contributed by atoms with Crippen molar-refractivity contribution >= 4 is 23.4 Å². The first-order valence-corrected chi connectivity index (χ1v) is 9.28. The molecule has 0 radical (unpaired) electrons. The summed E-state index contributed by atoms with van der Waals surface area (Å²) in [7, 11) is 0. The minimum absolute atomic E-state index is 0.279. The summed E-state index contributed by atoms with van der Waals surface area (Å²) < 4.78 is 11.5. The van der Waals surface area contributed by atoms with E-state index in [9.17, 15) is 9.59 Å². The number of benzene rings is 3. The molecule has 140 valence electrons. The fourth-order valence-electron chi connectivity index (χ4n) is 3.31. The molecule has 0 saturated carbocycles. The van der Waals surface area contributed by atoms with Crippen LogP contribution in [-0.4, -0.2) is 17.9 Å². The highest BCUT2D eigenvalue weighted by molar-refractivity contribution is 6.30. The van der Waals surface area contributed by atoms with Gasteiger partial charge in [0, 0.05) is 21.7 Å². The highest BCUT2D eigenvalue weighted by Gasteiger charge is 2.35. The number of carbonyl (C=O) groups excluding carboxylic acids is 2. The summed E-state index contributed by atoms with van der Waals surface area (Å²) in [6, 6.07) is 21.2. The van der Waals surface area contributed by atoms with Crippen molar-refractivity contribution < 1.29 is 19.1 Å². The van der Waals surface area contributed by atoms with Crippen LogP contribution in [0.15, 0.2) is 72.8 Å². The number of halogens is 1. The van der Waals surface area contributed by atoms with Gasteiger partial charge in [-0.2, -0.15) is 0 Å². The maximum absolute atomic E-state index is 13.1. The number of ketones is 1. The molecule has 1 aliphatic heterocycles. The third kappa shape index (κ3) is 3.39. The lowest BCUT2D eigenvalue weighted by Gasteiger charge is -2.27. The molecule has 0 saturated heterocycles. The number of para-hydroxylation sites is 2. The van der Waals surface area contributed by atoms with Crippen LogP contribution in [-0.2, 0) is 9.53 Å². The smallest absolute Gasteiger partial charge is 0.318 e. The van der Waals surface area contributed by atoms with Gasteiger partial charge in [0.25, 0.3) is 0 Å². The molecule has 0 amide bonds. The number of hydrogen-bond donors (Lipinski definition) is 0. The van der Waals surface area contributed by atoms with E-state index in [-0.39, 0.29) is 5.78 Å². The summed E-state index contributed by atoms with van der Waals surface area (Å²) in [5.41, 5.74) is 1.88. The monoisotopic (exact) mass is 392 g/mol. The number of carbonyl (C=O) groups is 2. The molecule has 3 aromatic rings. The molecule has 1 heterocycles. The van der Waals surface area contributed by atoms with E-state index in [1.54, 1.807) is 31.2 Å². The summed E-state index contributed by atoms with van der Waals surface area (Å²) >= 11 is 5.87. The van der Waals surface area contributed by atoms with Crippen molar-refractivity contribution in [3.8, 4) is 11.5 Å². The Morgan fingerprint density at radius 3 is 2.00 bits per heavy atom. The van der Waals surface area contributed by atoms with Crippen LogP contribution >= 0.6 is 11.6 Å². The average molecular weight is 393 g/mol. The van der Waals surface area contributed by atoms with Crippen LogP contribution in [0.1, 0.15) is 34.3 Å².